The molecule has 2 rings (SSSR count). The third-order valence-electron chi connectivity index (χ3n) is 2.25. The molecule has 0 fully saturated rings. The predicted molar refractivity (Wildman–Crippen MR) is 70.5 cm³/mol. The molecule has 0 unspecified atom stereocenters. The molecule has 0 amide bonds. The molecule has 0 saturated carbocycles. The van der Waals surface area contributed by atoms with Gasteiger partial charge in [0, 0.05) is 11.9 Å². The Labute approximate surface area is 109 Å². The van der Waals surface area contributed by atoms with Crippen LogP contribution in [0.15, 0.2) is 23.6 Å². The maximum Gasteiger partial charge on any atom is 0.140 e. The van der Waals surface area contributed by atoms with E-state index < -0.39 is 0 Å². The van der Waals surface area contributed by atoms with Gasteiger partial charge in [0.1, 0.15) is 17.4 Å². The van der Waals surface area contributed by atoms with Crippen LogP contribution in [0.4, 0.5) is 0 Å². The van der Waals surface area contributed by atoms with Crippen LogP contribution >= 0.6 is 22.9 Å². The number of aromatic nitrogens is 1. The molecular formula is C12H13ClN2OS. The molecule has 0 spiro atoms. The standard InChI is InChI=1S/C12H13ClN2OS/c1-8-2-3-10(13)11(4-8)16-6-12-15-9(5-14)7-17-12/h2-4,7H,5-6,14H2,1H3. The molecule has 0 saturated heterocycles. The van der Waals surface area contributed by atoms with Crippen LogP contribution in [0.1, 0.15) is 16.3 Å². The summed E-state index contributed by atoms with van der Waals surface area (Å²) in [6.07, 6.45) is 0. The van der Waals surface area contributed by atoms with E-state index in [1.165, 1.54) is 0 Å². The zero-order valence-corrected chi connectivity index (χ0v) is 11.0. The topological polar surface area (TPSA) is 48.1 Å². The van der Waals surface area contributed by atoms with Crippen LogP contribution in [0.3, 0.4) is 0 Å². The molecule has 0 radical (unpaired) electrons. The smallest absolute Gasteiger partial charge is 0.140 e. The largest absolute Gasteiger partial charge is 0.485 e. The summed E-state index contributed by atoms with van der Waals surface area (Å²) in [5.74, 6) is 0.691. The van der Waals surface area contributed by atoms with E-state index in [-0.39, 0.29) is 0 Å². The van der Waals surface area contributed by atoms with Gasteiger partial charge in [-0.25, -0.2) is 4.98 Å². The van der Waals surface area contributed by atoms with Crippen LogP contribution in [-0.2, 0) is 13.2 Å². The molecule has 0 aliphatic rings. The summed E-state index contributed by atoms with van der Waals surface area (Å²) in [6.45, 7) is 2.88. The summed E-state index contributed by atoms with van der Waals surface area (Å²) in [5.41, 5.74) is 7.51. The van der Waals surface area contributed by atoms with Crippen molar-refractivity contribution in [2.24, 2.45) is 5.73 Å². The van der Waals surface area contributed by atoms with Gasteiger partial charge < -0.3 is 10.5 Å². The lowest BCUT2D eigenvalue weighted by atomic mass is 10.2. The third-order valence-corrected chi connectivity index (χ3v) is 3.43. The number of nitrogens with zero attached hydrogens (tertiary/aromatic N) is 1. The second kappa shape index (κ2) is 5.49. The second-order valence-corrected chi connectivity index (χ2v) is 5.01. The van der Waals surface area contributed by atoms with Gasteiger partial charge in [0.05, 0.1) is 10.7 Å². The van der Waals surface area contributed by atoms with Gasteiger partial charge in [-0.05, 0) is 24.6 Å². The lowest BCUT2D eigenvalue weighted by Gasteiger charge is -2.06. The lowest BCUT2D eigenvalue weighted by Crippen LogP contribution is -1.99. The predicted octanol–water partition coefficient (Wildman–Crippen LogP) is 3.14. The van der Waals surface area contributed by atoms with E-state index >= 15 is 0 Å². The molecule has 2 aromatic rings. The third kappa shape index (κ3) is 3.19. The fourth-order valence-electron chi connectivity index (χ4n) is 1.37. The molecule has 1 heterocycles. The maximum absolute atomic E-state index is 6.03. The minimum absolute atomic E-state index is 0.424. The van der Waals surface area contributed by atoms with Gasteiger partial charge in [0.25, 0.3) is 0 Å². The molecule has 1 aromatic heterocycles. The molecule has 1 aromatic carbocycles. The zero-order chi connectivity index (χ0) is 12.3. The first-order chi connectivity index (χ1) is 8.19. The van der Waals surface area contributed by atoms with Crippen molar-refractivity contribution in [1.29, 1.82) is 0 Å². The first-order valence-electron chi connectivity index (χ1n) is 5.21. The zero-order valence-electron chi connectivity index (χ0n) is 9.44. The normalized spacial score (nSPS) is 10.5. The van der Waals surface area contributed by atoms with E-state index in [0.29, 0.717) is 23.9 Å². The van der Waals surface area contributed by atoms with Crippen LogP contribution in [0, 0.1) is 6.92 Å². The second-order valence-electron chi connectivity index (χ2n) is 3.66. The van der Waals surface area contributed by atoms with Gasteiger partial charge in [-0.2, -0.15) is 0 Å². The van der Waals surface area contributed by atoms with E-state index in [1.54, 1.807) is 11.3 Å². The monoisotopic (exact) mass is 268 g/mol. The molecular weight excluding hydrogens is 256 g/mol. The fourth-order valence-corrected chi connectivity index (χ4v) is 2.26. The van der Waals surface area contributed by atoms with Crippen LogP contribution in [0.2, 0.25) is 5.02 Å². The minimum Gasteiger partial charge on any atom is -0.485 e. The summed E-state index contributed by atoms with van der Waals surface area (Å²) in [7, 11) is 0. The number of ether oxygens (including phenoxy) is 1. The fraction of sp³-hybridized carbons (Fsp3) is 0.250. The minimum atomic E-state index is 0.424. The first kappa shape index (κ1) is 12.4. The SMILES string of the molecule is Cc1ccc(Cl)c(OCc2nc(CN)cs2)c1. The van der Waals surface area contributed by atoms with E-state index in [2.05, 4.69) is 4.98 Å². The number of thiazole rings is 1. The maximum atomic E-state index is 6.03. The molecule has 0 bridgehead atoms. The van der Waals surface area contributed by atoms with Crippen molar-refractivity contribution in [1.82, 2.24) is 4.98 Å². The highest BCUT2D eigenvalue weighted by molar-refractivity contribution is 7.09. The van der Waals surface area contributed by atoms with Crippen molar-refractivity contribution in [2.75, 3.05) is 0 Å². The van der Waals surface area contributed by atoms with Crippen molar-refractivity contribution < 1.29 is 4.74 Å². The number of hydrogen-bond acceptors (Lipinski definition) is 4. The van der Waals surface area contributed by atoms with Crippen LogP contribution in [0.5, 0.6) is 5.75 Å². The Morgan fingerprint density at radius 2 is 2.29 bits per heavy atom. The highest BCUT2D eigenvalue weighted by Crippen LogP contribution is 2.26. The number of aryl methyl sites for hydroxylation is 1. The van der Waals surface area contributed by atoms with Crippen molar-refractivity contribution in [3.8, 4) is 5.75 Å². The Morgan fingerprint density at radius 1 is 1.47 bits per heavy atom. The Hall–Kier alpha value is -1.10. The molecule has 0 atom stereocenters. The summed E-state index contributed by atoms with van der Waals surface area (Å²) in [4.78, 5) is 4.32. The van der Waals surface area contributed by atoms with Crippen molar-refractivity contribution in [3.05, 3.63) is 44.9 Å². The molecule has 2 N–H and O–H groups in total. The number of nitrogens with two attached hydrogens (primary N) is 1. The van der Waals surface area contributed by atoms with Crippen LogP contribution in [0.25, 0.3) is 0 Å². The average Bonchev–Trinajstić information content (AvgIpc) is 2.78. The van der Waals surface area contributed by atoms with Gasteiger partial charge in [-0.1, -0.05) is 17.7 Å². The Bertz CT molecular complexity index is 513. The summed E-state index contributed by atoms with van der Waals surface area (Å²) in [5, 5.41) is 3.46. The molecule has 0 aliphatic carbocycles. The van der Waals surface area contributed by atoms with E-state index in [9.17, 15) is 0 Å². The van der Waals surface area contributed by atoms with E-state index in [0.717, 1.165) is 16.3 Å². The molecule has 0 aliphatic heterocycles. The van der Waals surface area contributed by atoms with E-state index in [4.69, 9.17) is 22.1 Å². The summed E-state index contributed by atoms with van der Waals surface area (Å²) >= 11 is 7.58. The van der Waals surface area contributed by atoms with Crippen LogP contribution < -0.4 is 10.5 Å². The lowest BCUT2D eigenvalue weighted by molar-refractivity contribution is 0.305. The molecule has 3 nitrogen and oxygen atoms in total. The average molecular weight is 269 g/mol. The van der Waals surface area contributed by atoms with E-state index in [1.807, 2.05) is 30.5 Å². The highest BCUT2D eigenvalue weighted by atomic mass is 35.5. The summed E-state index contributed by atoms with van der Waals surface area (Å²) in [6, 6.07) is 5.70. The Morgan fingerprint density at radius 3 is 3.00 bits per heavy atom. The molecule has 5 heteroatoms. The number of halogens is 1. The Balaban J connectivity index is 2.04. The van der Waals surface area contributed by atoms with Crippen molar-refractivity contribution in [2.45, 2.75) is 20.1 Å². The number of rotatable bonds is 4. The number of hydrogen-bond donors (Lipinski definition) is 1. The van der Waals surface area contributed by atoms with Gasteiger partial charge in [-0.3, -0.25) is 0 Å². The Kier molecular flexibility index (Phi) is 3.99. The summed E-state index contributed by atoms with van der Waals surface area (Å²) < 4.78 is 5.64. The van der Waals surface area contributed by atoms with Gasteiger partial charge in [-0.15, -0.1) is 11.3 Å². The quantitative estimate of drug-likeness (QED) is 0.927. The van der Waals surface area contributed by atoms with Crippen molar-refractivity contribution >= 4 is 22.9 Å². The van der Waals surface area contributed by atoms with Crippen molar-refractivity contribution in [3.63, 3.8) is 0 Å². The highest BCUT2D eigenvalue weighted by Gasteiger charge is 2.05. The number of benzene rings is 1. The first-order valence-corrected chi connectivity index (χ1v) is 6.47. The van der Waals surface area contributed by atoms with Gasteiger partial charge in [0.2, 0.25) is 0 Å². The molecule has 17 heavy (non-hydrogen) atoms. The van der Waals surface area contributed by atoms with Gasteiger partial charge in [0.15, 0.2) is 0 Å². The van der Waals surface area contributed by atoms with Gasteiger partial charge >= 0.3 is 0 Å². The molecule has 90 valence electrons. The van der Waals surface area contributed by atoms with Crippen LogP contribution in [-0.4, -0.2) is 4.98 Å².